The highest BCUT2D eigenvalue weighted by molar-refractivity contribution is 5.78. The van der Waals surface area contributed by atoms with Crippen molar-refractivity contribution in [3.8, 4) is 0 Å². The molecule has 0 aromatic carbocycles. The Morgan fingerprint density at radius 2 is 1.94 bits per heavy atom. The number of hydrogen-bond acceptors (Lipinski definition) is 2. The Hall–Kier alpha value is -0.570. The molecule has 0 heterocycles. The number of amides is 1. The van der Waals surface area contributed by atoms with Gasteiger partial charge in [-0.05, 0) is 25.8 Å². The Balaban J connectivity index is 2.27. The van der Waals surface area contributed by atoms with E-state index in [1.165, 1.54) is 32.1 Å². The topological polar surface area (TPSA) is 41.1 Å². The van der Waals surface area contributed by atoms with Gasteiger partial charge in [0.2, 0.25) is 5.91 Å². The fraction of sp³-hybridized carbons (Fsp3) is 0.929. The second-order valence-electron chi connectivity index (χ2n) is 5.24. The third-order valence-corrected chi connectivity index (χ3v) is 3.88. The molecule has 1 rings (SSSR count). The molecule has 1 unspecified atom stereocenters. The Morgan fingerprint density at radius 3 is 2.53 bits per heavy atom. The van der Waals surface area contributed by atoms with Crippen LogP contribution in [-0.4, -0.2) is 26.0 Å². The highest BCUT2D eigenvalue weighted by atomic mass is 16.1. The maximum Gasteiger partial charge on any atom is 0.223 e. The summed E-state index contributed by atoms with van der Waals surface area (Å²) >= 11 is 0. The summed E-state index contributed by atoms with van der Waals surface area (Å²) in [6.07, 6.45) is 8.86. The molecule has 0 aromatic rings. The van der Waals surface area contributed by atoms with Crippen LogP contribution in [0.15, 0.2) is 0 Å². The Labute approximate surface area is 106 Å². The molecule has 1 saturated carbocycles. The molecule has 0 radical (unpaired) electrons. The fourth-order valence-corrected chi connectivity index (χ4v) is 2.74. The fourth-order valence-electron chi connectivity index (χ4n) is 2.74. The van der Waals surface area contributed by atoms with Crippen LogP contribution in [0, 0.1) is 11.8 Å². The van der Waals surface area contributed by atoms with Crippen LogP contribution >= 0.6 is 0 Å². The molecule has 100 valence electrons. The highest BCUT2D eigenvalue weighted by Crippen LogP contribution is 2.30. The van der Waals surface area contributed by atoms with Gasteiger partial charge in [0.15, 0.2) is 0 Å². The summed E-state index contributed by atoms with van der Waals surface area (Å²) in [5.41, 5.74) is 0. The normalized spacial score (nSPS) is 18.9. The zero-order valence-electron chi connectivity index (χ0n) is 11.4. The molecule has 1 amide bonds. The van der Waals surface area contributed by atoms with Gasteiger partial charge < -0.3 is 10.6 Å². The highest BCUT2D eigenvalue weighted by Gasteiger charge is 2.22. The van der Waals surface area contributed by atoms with Gasteiger partial charge in [-0.3, -0.25) is 4.79 Å². The van der Waals surface area contributed by atoms with Crippen LogP contribution in [-0.2, 0) is 4.79 Å². The Bertz CT molecular complexity index is 212. The van der Waals surface area contributed by atoms with Crippen molar-refractivity contribution in [3.63, 3.8) is 0 Å². The number of nitrogens with one attached hydrogen (secondary N) is 2. The summed E-state index contributed by atoms with van der Waals surface area (Å²) in [7, 11) is 1.91. The van der Waals surface area contributed by atoms with Crippen LogP contribution in [0.25, 0.3) is 0 Å². The van der Waals surface area contributed by atoms with Crippen molar-refractivity contribution in [3.05, 3.63) is 0 Å². The van der Waals surface area contributed by atoms with E-state index in [0.29, 0.717) is 0 Å². The lowest BCUT2D eigenvalue weighted by atomic mass is 9.82. The summed E-state index contributed by atoms with van der Waals surface area (Å²) < 4.78 is 0. The van der Waals surface area contributed by atoms with Gasteiger partial charge >= 0.3 is 0 Å². The van der Waals surface area contributed by atoms with Gasteiger partial charge in [0.05, 0.1) is 0 Å². The molecule has 0 bridgehead atoms. The zero-order chi connectivity index (χ0) is 12.5. The number of hydrogen-bond donors (Lipinski definition) is 2. The van der Waals surface area contributed by atoms with Crippen LogP contribution in [0.3, 0.4) is 0 Å². The first-order valence-corrected chi connectivity index (χ1v) is 7.20. The summed E-state index contributed by atoms with van der Waals surface area (Å²) in [5, 5.41) is 6.07. The summed E-state index contributed by atoms with van der Waals surface area (Å²) in [4.78, 5) is 12.0. The van der Waals surface area contributed by atoms with Crippen LogP contribution in [0.1, 0.15) is 51.9 Å². The van der Waals surface area contributed by atoms with Crippen molar-refractivity contribution in [2.45, 2.75) is 51.9 Å². The molecular formula is C14H28N2O. The Kier molecular flexibility index (Phi) is 7.25. The van der Waals surface area contributed by atoms with Gasteiger partial charge in [0.25, 0.3) is 0 Å². The standard InChI is InChI=1S/C14H28N2O/c1-3-13(14(17)16-10-9-15-2)11-12-7-5-4-6-8-12/h12-13,15H,3-11H2,1-2H3,(H,16,17). The minimum Gasteiger partial charge on any atom is -0.355 e. The molecular weight excluding hydrogens is 212 g/mol. The first-order valence-electron chi connectivity index (χ1n) is 7.20. The first kappa shape index (κ1) is 14.5. The van der Waals surface area contributed by atoms with Gasteiger partial charge in [-0.15, -0.1) is 0 Å². The lowest BCUT2D eigenvalue weighted by molar-refractivity contribution is -0.125. The van der Waals surface area contributed by atoms with Crippen LogP contribution in [0.2, 0.25) is 0 Å². The van der Waals surface area contributed by atoms with Crippen LogP contribution < -0.4 is 10.6 Å². The average Bonchev–Trinajstić information content (AvgIpc) is 2.37. The van der Waals surface area contributed by atoms with Crippen LogP contribution in [0.5, 0.6) is 0 Å². The van der Waals surface area contributed by atoms with Gasteiger partial charge in [0.1, 0.15) is 0 Å². The molecule has 3 nitrogen and oxygen atoms in total. The third kappa shape index (κ3) is 5.53. The van der Waals surface area contributed by atoms with E-state index < -0.39 is 0 Å². The van der Waals surface area contributed by atoms with E-state index in [0.717, 1.165) is 31.8 Å². The van der Waals surface area contributed by atoms with E-state index in [9.17, 15) is 4.79 Å². The summed E-state index contributed by atoms with van der Waals surface area (Å²) in [6, 6.07) is 0. The lowest BCUT2D eigenvalue weighted by Gasteiger charge is -2.25. The van der Waals surface area contributed by atoms with Crippen LogP contribution in [0.4, 0.5) is 0 Å². The number of likely N-dealkylation sites (N-methyl/N-ethyl adjacent to an activating group) is 1. The maximum absolute atomic E-state index is 12.0. The minimum absolute atomic E-state index is 0.231. The van der Waals surface area contributed by atoms with E-state index in [-0.39, 0.29) is 11.8 Å². The van der Waals surface area contributed by atoms with Gasteiger partial charge in [-0.1, -0.05) is 39.0 Å². The van der Waals surface area contributed by atoms with E-state index in [1.807, 2.05) is 7.05 Å². The third-order valence-electron chi connectivity index (χ3n) is 3.88. The molecule has 1 fully saturated rings. The van der Waals surface area contributed by atoms with Crippen molar-refractivity contribution >= 4 is 5.91 Å². The summed E-state index contributed by atoms with van der Waals surface area (Å²) in [6.45, 7) is 3.73. The largest absolute Gasteiger partial charge is 0.355 e. The predicted octanol–water partition coefficient (Wildman–Crippen LogP) is 2.32. The van der Waals surface area contributed by atoms with Crippen molar-refractivity contribution in [1.82, 2.24) is 10.6 Å². The average molecular weight is 240 g/mol. The lowest BCUT2D eigenvalue weighted by Crippen LogP contribution is -2.35. The quantitative estimate of drug-likeness (QED) is 0.671. The molecule has 17 heavy (non-hydrogen) atoms. The van der Waals surface area contributed by atoms with Crippen molar-refractivity contribution in [2.24, 2.45) is 11.8 Å². The molecule has 0 aromatic heterocycles. The van der Waals surface area contributed by atoms with Crippen molar-refractivity contribution in [1.29, 1.82) is 0 Å². The van der Waals surface area contributed by atoms with Crippen molar-refractivity contribution in [2.75, 3.05) is 20.1 Å². The molecule has 1 atom stereocenters. The SMILES string of the molecule is CCC(CC1CCCCC1)C(=O)NCCNC. The first-order chi connectivity index (χ1) is 8.27. The maximum atomic E-state index is 12.0. The number of rotatable bonds is 7. The molecule has 0 spiro atoms. The number of carbonyl (C=O) groups excluding carboxylic acids is 1. The van der Waals surface area contributed by atoms with Gasteiger partial charge in [-0.2, -0.15) is 0 Å². The van der Waals surface area contributed by atoms with Crippen molar-refractivity contribution < 1.29 is 4.79 Å². The number of carbonyl (C=O) groups is 1. The minimum atomic E-state index is 0.231. The molecule has 3 heteroatoms. The second-order valence-corrected chi connectivity index (χ2v) is 5.24. The molecule has 1 aliphatic carbocycles. The molecule has 0 aliphatic heterocycles. The van der Waals surface area contributed by atoms with E-state index in [1.54, 1.807) is 0 Å². The molecule has 1 aliphatic rings. The predicted molar refractivity (Wildman–Crippen MR) is 71.9 cm³/mol. The second kappa shape index (κ2) is 8.51. The smallest absolute Gasteiger partial charge is 0.223 e. The van der Waals surface area contributed by atoms with E-state index in [4.69, 9.17) is 0 Å². The molecule has 0 saturated heterocycles. The van der Waals surface area contributed by atoms with E-state index >= 15 is 0 Å². The monoisotopic (exact) mass is 240 g/mol. The summed E-state index contributed by atoms with van der Waals surface area (Å²) in [5.74, 6) is 1.28. The Morgan fingerprint density at radius 1 is 1.24 bits per heavy atom. The van der Waals surface area contributed by atoms with Gasteiger partial charge in [0, 0.05) is 19.0 Å². The zero-order valence-corrected chi connectivity index (χ0v) is 11.4. The van der Waals surface area contributed by atoms with Gasteiger partial charge in [-0.25, -0.2) is 0 Å². The van der Waals surface area contributed by atoms with E-state index in [2.05, 4.69) is 17.6 Å². The molecule has 2 N–H and O–H groups in total.